The van der Waals surface area contributed by atoms with E-state index in [4.69, 9.17) is 27.9 Å². The Morgan fingerprint density at radius 1 is 1.30 bits per heavy atom. The number of nitrogens with zero attached hydrogens (tertiary/aromatic N) is 1. The lowest BCUT2D eigenvalue weighted by Gasteiger charge is -2.02. The molecule has 1 aromatic rings. The predicted octanol–water partition coefficient (Wildman–Crippen LogP) is 0.850. The van der Waals surface area contributed by atoms with Gasteiger partial charge in [-0.1, -0.05) is 23.2 Å². The molecule has 0 unspecified atom stereocenters. The minimum atomic E-state index is -1.63. The number of hydrazone groups is 1. The van der Waals surface area contributed by atoms with Crippen molar-refractivity contribution in [2.24, 2.45) is 5.10 Å². The van der Waals surface area contributed by atoms with E-state index in [0.29, 0.717) is 11.3 Å². The molecule has 0 aliphatic rings. The Morgan fingerprint density at radius 2 is 1.90 bits per heavy atom. The Bertz CT molecular complexity index is 567. The van der Waals surface area contributed by atoms with Crippen LogP contribution < -0.4 is 15.3 Å². The van der Waals surface area contributed by atoms with E-state index in [1.165, 1.54) is 19.2 Å². The van der Waals surface area contributed by atoms with Crippen molar-refractivity contribution in [1.29, 1.82) is 0 Å². The molecule has 0 fully saturated rings. The molecule has 0 radical (unpaired) electrons. The van der Waals surface area contributed by atoms with Crippen molar-refractivity contribution in [3.05, 3.63) is 39.9 Å². The fraction of sp³-hybridized carbons (Fsp3) is 0.0833. The first-order valence-corrected chi connectivity index (χ1v) is 5.95. The second kappa shape index (κ2) is 7.52. The lowest BCUT2D eigenvalue weighted by atomic mass is 10.2. The summed E-state index contributed by atoms with van der Waals surface area (Å²) in [4.78, 5) is 22.0. The molecule has 8 heteroatoms. The molecule has 0 saturated heterocycles. The van der Waals surface area contributed by atoms with Crippen LogP contribution in [0.5, 0.6) is 5.75 Å². The maximum Gasteiger partial charge on any atom is 0.271 e. The van der Waals surface area contributed by atoms with E-state index in [1.54, 1.807) is 12.1 Å². The molecule has 0 aliphatic heterocycles. The topological polar surface area (TPSA) is 90.8 Å². The van der Waals surface area contributed by atoms with E-state index in [9.17, 15) is 14.7 Å². The van der Waals surface area contributed by atoms with Gasteiger partial charge in [0.15, 0.2) is 0 Å². The third-order valence-electron chi connectivity index (χ3n) is 2.09. The predicted molar refractivity (Wildman–Crippen MR) is 72.7 cm³/mol. The number of carbonyl (C=O) groups excluding carboxylic acids is 2. The van der Waals surface area contributed by atoms with Crippen molar-refractivity contribution < 1.29 is 19.4 Å². The Balaban J connectivity index is 2.67. The van der Waals surface area contributed by atoms with Gasteiger partial charge in [0, 0.05) is 5.56 Å². The number of benzene rings is 1. The van der Waals surface area contributed by atoms with Crippen LogP contribution in [0, 0.1) is 0 Å². The molecule has 0 heterocycles. The van der Waals surface area contributed by atoms with Crippen LogP contribution in [0.2, 0.25) is 0 Å². The Kier molecular flexibility index (Phi) is 6.02. The van der Waals surface area contributed by atoms with Crippen molar-refractivity contribution in [2.45, 2.75) is 0 Å². The summed E-state index contributed by atoms with van der Waals surface area (Å²) < 4.78 is 4.95. The minimum Gasteiger partial charge on any atom is -0.544 e. The SMILES string of the molecule is COc1ccc(C(=O)N/N=C\C(Cl)=C(/Cl)C(=O)[O-])cc1. The van der Waals surface area contributed by atoms with Gasteiger partial charge in [-0.05, 0) is 24.3 Å². The Morgan fingerprint density at radius 3 is 2.40 bits per heavy atom. The largest absolute Gasteiger partial charge is 0.544 e. The Labute approximate surface area is 124 Å². The maximum atomic E-state index is 11.6. The van der Waals surface area contributed by atoms with Crippen molar-refractivity contribution in [2.75, 3.05) is 7.11 Å². The molecule has 1 aromatic carbocycles. The van der Waals surface area contributed by atoms with Gasteiger partial charge in [0.2, 0.25) is 0 Å². The molecule has 0 spiro atoms. The molecular formula is C12H9Cl2N2O4-. The highest BCUT2D eigenvalue weighted by Crippen LogP contribution is 2.12. The number of rotatable bonds is 5. The first-order chi connectivity index (χ1) is 9.45. The van der Waals surface area contributed by atoms with Crippen molar-refractivity contribution in [3.63, 3.8) is 0 Å². The van der Waals surface area contributed by atoms with E-state index in [1.807, 2.05) is 0 Å². The smallest absolute Gasteiger partial charge is 0.271 e. The van der Waals surface area contributed by atoms with Crippen LogP contribution in [0.1, 0.15) is 10.4 Å². The molecule has 1 rings (SSSR count). The maximum absolute atomic E-state index is 11.6. The number of aliphatic carboxylic acids is 1. The molecule has 106 valence electrons. The number of amides is 1. The molecule has 0 bridgehead atoms. The first kappa shape index (κ1) is 16.0. The number of halogens is 2. The van der Waals surface area contributed by atoms with Crippen molar-refractivity contribution in [3.8, 4) is 5.75 Å². The number of nitrogens with one attached hydrogen (secondary N) is 1. The third-order valence-corrected chi connectivity index (χ3v) is 2.83. The van der Waals surface area contributed by atoms with Gasteiger partial charge in [-0.15, -0.1) is 0 Å². The second-order valence-electron chi connectivity index (χ2n) is 3.38. The van der Waals surface area contributed by atoms with Crippen LogP contribution in [0.4, 0.5) is 0 Å². The number of carboxylic acid groups (broad SMARTS) is 1. The van der Waals surface area contributed by atoms with Gasteiger partial charge in [-0.25, -0.2) is 5.43 Å². The van der Waals surface area contributed by atoms with Crippen LogP contribution in [-0.4, -0.2) is 25.2 Å². The zero-order chi connectivity index (χ0) is 15.1. The van der Waals surface area contributed by atoms with Crippen LogP contribution in [0.3, 0.4) is 0 Å². The quantitative estimate of drug-likeness (QED) is 0.495. The van der Waals surface area contributed by atoms with Gasteiger partial charge in [0.25, 0.3) is 5.91 Å². The zero-order valence-corrected chi connectivity index (χ0v) is 11.7. The van der Waals surface area contributed by atoms with Crippen LogP contribution in [0.25, 0.3) is 0 Å². The molecule has 1 N–H and O–H groups in total. The number of hydrogen-bond donors (Lipinski definition) is 1. The summed E-state index contributed by atoms with van der Waals surface area (Å²) in [6.45, 7) is 0. The molecule has 6 nitrogen and oxygen atoms in total. The fourth-order valence-corrected chi connectivity index (χ4v) is 1.28. The van der Waals surface area contributed by atoms with Gasteiger partial charge in [-0.2, -0.15) is 5.10 Å². The van der Waals surface area contributed by atoms with Gasteiger partial charge in [0.05, 0.1) is 29.4 Å². The number of carbonyl (C=O) groups is 2. The average molecular weight is 316 g/mol. The molecular weight excluding hydrogens is 307 g/mol. The molecule has 0 atom stereocenters. The summed E-state index contributed by atoms with van der Waals surface area (Å²) in [5.41, 5.74) is 2.50. The summed E-state index contributed by atoms with van der Waals surface area (Å²) in [6, 6.07) is 6.29. The van der Waals surface area contributed by atoms with Crippen molar-refractivity contribution >= 4 is 41.3 Å². The number of allylic oxidation sites excluding steroid dienone is 1. The number of methoxy groups -OCH3 is 1. The first-order valence-electron chi connectivity index (χ1n) is 5.19. The molecule has 0 aromatic heterocycles. The van der Waals surface area contributed by atoms with Crippen molar-refractivity contribution in [1.82, 2.24) is 5.43 Å². The highest BCUT2D eigenvalue weighted by Gasteiger charge is 2.04. The molecule has 20 heavy (non-hydrogen) atoms. The van der Waals surface area contributed by atoms with Crippen LogP contribution in [-0.2, 0) is 4.79 Å². The standard InChI is InChI=1S/C12H10Cl2N2O4/c1-20-8-4-2-7(3-5-8)11(17)16-15-6-9(13)10(14)12(18)19/h2-6H,1H3,(H,16,17)(H,18,19)/p-1/b10-9+,15-6-. The van der Waals surface area contributed by atoms with Gasteiger partial charge >= 0.3 is 0 Å². The van der Waals surface area contributed by atoms with E-state index in [-0.39, 0.29) is 5.03 Å². The Hall–Kier alpha value is -2.05. The highest BCUT2D eigenvalue weighted by atomic mass is 35.5. The van der Waals surface area contributed by atoms with Crippen LogP contribution >= 0.6 is 23.2 Å². The average Bonchev–Trinajstić information content (AvgIpc) is 2.46. The van der Waals surface area contributed by atoms with E-state index in [0.717, 1.165) is 6.21 Å². The summed E-state index contributed by atoms with van der Waals surface area (Å²) in [6.07, 6.45) is 0.890. The lowest BCUT2D eigenvalue weighted by Crippen LogP contribution is -2.23. The molecule has 1 amide bonds. The minimum absolute atomic E-state index is 0.342. The lowest BCUT2D eigenvalue weighted by molar-refractivity contribution is -0.298. The number of carboxylic acids is 1. The fourth-order valence-electron chi connectivity index (χ4n) is 1.11. The zero-order valence-electron chi connectivity index (χ0n) is 10.2. The number of ether oxygens (including phenoxy) is 1. The van der Waals surface area contributed by atoms with Crippen LogP contribution in [0.15, 0.2) is 39.4 Å². The van der Waals surface area contributed by atoms with Gasteiger partial charge in [-0.3, -0.25) is 4.79 Å². The molecule has 0 aliphatic carbocycles. The van der Waals surface area contributed by atoms with E-state index in [2.05, 4.69) is 10.5 Å². The molecule has 0 saturated carbocycles. The van der Waals surface area contributed by atoms with Gasteiger partial charge < -0.3 is 14.6 Å². The monoisotopic (exact) mass is 315 g/mol. The van der Waals surface area contributed by atoms with Gasteiger partial charge in [0.1, 0.15) is 5.75 Å². The highest BCUT2D eigenvalue weighted by molar-refractivity contribution is 6.51. The number of hydrogen-bond acceptors (Lipinski definition) is 5. The van der Waals surface area contributed by atoms with E-state index >= 15 is 0 Å². The summed E-state index contributed by atoms with van der Waals surface area (Å²) in [7, 11) is 1.51. The third kappa shape index (κ3) is 4.56. The summed E-state index contributed by atoms with van der Waals surface area (Å²) in [5.74, 6) is -1.53. The summed E-state index contributed by atoms with van der Waals surface area (Å²) in [5, 5.41) is 12.8. The normalized spacial score (nSPS) is 11.9. The summed E-state index contributed by atoms with van der Waals surface area (Å²) >= 11 is 10.8. The van der Waals surface area contributed by atoms with E-state index < -0.39 is 16.9 Å². The second-order valence-corrected chi connectivity index (χ2v) is 4.16.